The van der Waals surface area contributed by atoms with E-state index in [0.29, 0.717) is 5.92 Å². The fraction of sp³-hybridized carbons (Fsp3) is 0.333. The average molecular weight is 187 g/mol. The fourth-order valence-corrected chi connectivity index (χ4v) is 2.06. The van der Waals surface area contributed by atoms with Crippen LogP contribution in [-0.4, -0.2) is 13.1 Å². The molecule has 72 valence electrons. The summed E-state index contributed by atoms with van der Waals surface area (Å²) in [5.74, 6) is 1.76. The highest BCUT2D eigenvalue weighted by Crippen LogP contribution is 2.31. The molecule has 2 nitrogen and oxygen atoms in total. The van der Waals surface area contributed by atoms with Crippen molar-refractivity contribution in [1.29, 1.82) is 0 Å². The van der Waals surface area contributed by atoms with Gasteiger partial charge in [-0.15, -0.1) is 0 Å². The number of para-hydroxylation sites is 1. The molecule has 2 aromatic rings. The molecule has 0 bridgehead atoms. The minimum absolute atomic E-state index is 0.586. The molecule has 0 radical (unpaired) electrons. The first-order valence-electron chi connectivity index (χ1n) is 5.05. The van der Waals surface area contributed by atoms with Gasteiger partial charge in [0.05, 0.1) is 0 Å². The first-order valence-corrected chi connectivity index (χ1v) is 5.05. The first kappa shape index (κ1) is 8.06. The molecule has 14 heavy (non-hydrogen) atoms. The zero-order valence-corrected chi connectivity index (χ0v) is 8.21. The van der Waals surface area contributed by atoms with Crippen LogP contribution in [0.2, 0.25) is 0 Å². The lowest BCUT2D eigenvalue weighted by molar-refractivity contribution is 0.378. The third kappa shape index (κ3) is 1.01. The highest BCUT2D eigenvalue weighted by Gasteiger charge is 2.25. The molecule has 1 saturated heterocycles. The standard InChI is InChI=1S/C12H13NO/c1-8-10-4-2-3-5-11(10)14-12(8)9-6-13-7-9/h2-5,9,13H,6-7H2,1H3. The molecule has 1 aromatic heterocycles. The normalized spacial score (nSPS) is 17.2. The van der Waals surface area contributed by atoms with E-state index in [-0.39, 0.29) is 0 Å². The SMILES string of the molecule is Cc1c(C2CNC2)oc2ccccc12. The lowest BCUT2D eigenvalue weighted by Crippen LogP contribution is -2.39. The quantitative estimate of drug-likeness (QED) is 0.741. The molecule has 2 heteroatoms. The van der Waals surface area contributed by atoms with Crippen LogP contribution in [0.15, 0.2) is 28.7 Å². The van der Waals surface area contributed by atoms with Gasteiger partial charge in [0.2, 0.25) is 0 Å². The molecular weight excluding hydrogens is 174 g/mol. The van der Waals surface area contributed by atoms with Crippen molar-refractivity contribution in [2.75, 3.05) is 13.1 Å². The number of hydrogen-bond acceptors (Lipinski definition) is 2. The third-order valence-electron chi connectivity index (χ3n) is 3.03. The van der Waals surface area contributed by atoms with Crippen molar-refractivity contribution in [3.63, 3.8) is 0 Å². The first-order chi connectivity index (χ1) is 6.86. The van der Waals surface area contributed by atoms with Gasteiger partial charge in [-0.1, -0.05) is 18.2 Å². The number of nitrogens with one attached hydrogen (secondary N) is 1. The van der Waals surface area contributed by atoms with E-state index in [1.165, 1.54) is 16.7 Å². The predicted octanol–water partition coefficient (Wildman–Crippen LogP) is 2.43. The summed E-state index contributed by atoms with van der Waals surface area (Å²) >= 11 is 0. The van der Waals surface area contributed by atoms with E-state index in [4.69, 9.17) is 4.42 Å². The maximum absolute atomic E-state index is 5.86. The number of hydrogen-bond donors (Lipinski definition) is 1. The zero-order chi connectivity index (χ0) is 9.54. The van der Waals surface area contributed by atoms with E-state index < -0.39 is 0 Å². The molecule has 0 aliphatic carbocycles. The van der Waals surface area contributed by atoms with Crippen LogP contribution in [0.3, 0.4) is 0 Å². The number of furan rings is 1. The van der Waals surface area contributed by atoms with Crippen LogP contribution in [0.5, 0.6) is 0 Å². The number of aryl methyl sites for hydroxylation is 1. The van der Waals surface area contributed by atoms with Gasteiger partial charge in [0, 0.05) is 24.4 Å². The van der Waals surface area contributed by atoms with Crippen molar-refractivity contribution in [3.05, 3.63) is 35.6 Å². The average Bonchev–Trinajstić information content (AvgIpc) is 2.43. The van der Waals surface area contributed by atoms with Crippen LogP contribution in [0.4, 0.5) is 0 Å². The lowest BCUT2D eigenvalue weighted by atomic mass is 9.97. The molecule has 0 unspecified atom stereocenters. The summed E-state index contributed by atoms with van der Waals surface area (Å²) < 4.78 is 5.86. The van der Waals surface area contributed by atoms with Gasteiger partial charge in [-0.05, 0) is 18.6 Å². The molecule has 0 spiro atoms. The van der Waals surface area contributed by atoms with Gasteiger partial charge in [-0.2, -0.15) is 0 Å². The molecular formula is C12H13NO. The molecule has 1 aliphatic heterocycles. The van der Waals surface area contributed by atoms with Crippen LogP contribution in [0, 0.1) is 6.92 Å². The maximum atomic E-state index is 5.86. The van der Waals surface area contributed by atoms with Gasteiger partial charge >= 0.3 is 0 Å². The van der Waals surface area contributed by atoms with Crippen LogP contribution in [0.1, 0.15) is 17.2 Å². The Morgan fingerprint density at radius 2 is 2.07 bits per heavy atom. The molecule has 2 heterocycles. The van der Waals surface area contributed by atoms with Gasteiger partial charge in [-0.3, -0.25) is 0 Å². The smallest absolute Gasteiger partial charge is 0.134 e. The summed E-state index contributed by atoms with van der Waals surface area (Å²) in [5.41, 5.74) is 2.33. The summed E-state index contributed by atoms with van der Waals surface area (Å²) in [6.07, 6.45) is 0. The van der Waals surface area contributed by atoms with Crippen molar-refractivity contribution >= 4 is 11.0 Å². The van der Waals surface area contributed by atoms with Crippen molar-refractivity contribution in [1.82, 2.24) is 5.32 Å². The number of rotatable bonds is 1. The number of benzene rings is 1. The lowest BCUT2D eigenvalue weighted by Gasteiger charge is -2.25. The summed E-state index contributed by atoms with van der Waals surface area (Å²) in [7, 11) is 0. The van der Waals surface area contributed by atoms with E-state index in [1.54, 1.807) is 0 Å². The van der Waals surface area contributed by atoms with Gasteiger partial charge in [0.1, 0.15) is 11.3 Å². The van der Waals surface area contributed by atoms with E-state index >= 15 is 0 Å². The Hall–Kier alpha value is -1.28. The Morgan fingerprint density at radius 3 is 2.71 bits per heavy atom. The molecule has 1 aromatic carbocycles. The monoisotopic (exact) mass is 187 g/mol. The van der Waals surface area contributed by atoms with E-state index in [9.17, 15) is 0 Å². The Kier molecular flexibility index (Phi) is 1.64. The second-order valence-electron chi connectivity index (χ2n) is 3.94. The van der Waals surface area contributed by atoms with Crippen LogP contribution in [0.25, 0.3) is 11.0 Å². The van der Waals surface area contributed by atoms with Gasteiger partial charge in [-0.25, -0.2) is 0 Å². The van der Waals surface area contributed by atoms with Gasteiger partial charge < -0.3 is 9.73 Å². The van der Waals surface area contributed by atoms with Crippen LogP contribution in [-0.2, 0) is 0 Å². The topological polar surface area (TPSA) is 25.2 Å². The minimum atomic E-state index is 0.586. The Morgan fingerprint density at radius 1 is 1.29 bits per heavy atom. The summed E-state index contributed by atoms with van der Waals surface area (Å²) in [6.45, 7) is 4.26. The highest BCUT2D eigenvalue weighted by atomic mass is 16.3. The highest BCUT2D eigenvalue weighted by molar-refractivity contribution is 5.82. The Labute approximate surface area is 82.9 Å². The van der Waals surface area contributed by atoms with Crippen molar-refractivity contribution in [2.45, 2.75) is 12.8 Å². The zero-order valence-electron chi connectivity index (χ0n) is 8.21. The van der Waals surface area contributed by atoms with Crippen molar-refractivity contribution < 1.29 is 4.42 Å². The largest absolute Gasteiger partial charge is 0.460 e. The van der Waals surface area contributed by atoms with E-state index in [1.807, 2.05) is 12.1 Å². The fourth-order valence-electron chi connectivity index (χ4n) is 2.06. The Balaban J connectivity index is 2.19. The maximum Gasteiger partial charge on any atom is 0.134 e. The molecule has 1 N–H and O–H groups in total. The Bertz CT molecular complexity index is 468. The molecule has 0 saturated carbocycles. The van der Waals surface area contributed by atoms with Gasteiger partial charge in [0.25, 0.3) is 0 Å². The second-order valence-corrected chi connectivity index (χ2v) is 3.94. The van der Waals surface area contributed by atoms with Crippen LogP contribution >= 0.6 is 0 Å². The molecule has 1 fully saturated rings. The second kappa shape index (κ2) is 2.85. The summed E-state index contributed by atoms with van der Waals surface area (Å²) in [4.78, 5) is 0. The van der Waals surface area contributed by atoms with Crippen molar-refractivity contribution in [2.24, 2.45) is 0 Å². The van der Waals surface area contributed by atoms with Crippen LogP contribution < -0.4 is 5.32 Å². The number of fused-ring (bicyclic) bond motifs is 1. The molecule has 3 rings (SSSR count). The van der Waals surface area contributed by atoms with Crippen molar-refractivity contribution in [3.8, 4) is 0 Å². The molecule has 1 aliphatic rings. The predicted molar refractivity (Wildman–Crippen MR) is 56.6 cm³/mol. The summed E-state index contributed by atoms with van der Waals surface area (Å²) in [5, 5.41) is 4.53. The minimum Gasteiger partial charge on any atom is -0.460 e. The van der Waals surface area contributed by atoms with E-state index in [2.05, 4.69) is 24.4 Å². The third-order valence-corrected chi connectivity index (χ3v) is 3.03. The molecule has 0 amide bonds. The van der Waals surface area contributed by atoms with E-state index in [0.717, 1.165) is 18.7 Å². The summed E-state index contributed by atoms with van der Waals surface area (Å²) in [6, 6.07) is 8.25. The van der Waals surface area contributed by atoms with Gasteiger partial charge in [0.15, 0.2) is 0 Å². The molecule has 0 atom stereocenters.